The molecular formula is C11H11N5S. The van der Waals surface area contributed by atoms with E-state index in [2.05, 4.69) is 20.2 Å². The summed E-state index contributed by atoms with van der Waals surface area (Å²) in [7, 11) is 3.87. The van der Waals surface area contributed by atoms with Gasteiger partial charge < -0.3 is 4.90 Å². The summed E-state index contributed by atoms with van der Waals surface area (Å²) in [6.45, 7) is 0. The van der Waals surface area contributed by atoms with Crippen LogP contribution in [0.1, 0.15) is 0 Å². The maximum absolute atomic E-state index is 4.58. The molecule has 0 atom stereocenters. The van der Waals surface area contributed by atoms with Crippen LogP contribution in [0.15, 0.2) is 23.8 Å². The molecule has 3 aromatic rings. The van der Waals surface area contributed by atoms with Crippen molar-refractivity contribution < 1.29 is 0 Å². The summed E-state index contributed by atoms with van der Waals surface area (Å²) in [6.07, 6.45) is 3.63. The van der Waals surface area contributed by atoms with Crippen LogP contribution in [0.4, 0.5) is 5.95 Å². The molecule has 3 aromatic heterocycles. The number of anilines is 1. The molecule has 0 saturated heterocycles. The second-order valence-corrected chi connectivity index (χ2v) is 4.80. The molecule has 86 valence electrons. The first-order valence-electron chi connectivity index (χ1n) is 5.17. The van der Waals surface area contributed by atoms with Gasteiger partial charge in [-0.05, 0) is 11.4 Å². The van der Waals surface area contributed by atoms with Crippen LogP contribution in [0, 0.1) is 0 Å². The van der Waals surface area contributed by atoms with Crippen molar-refractivity contribution in [3.63, 3.8) is 0 Å². The Morgan fingerprint density at radius 2 is 2.18 bits per heavy atom. The zero-order chi connectivity index (χ0) is 11.8. The zero-order valence-electron chi connectivity index (χ0n) is 9.51. The maximum Gasteiger partial charge on any atom is 0.226 e. The van der Waals surface area contributed by atoms with Gasteiger partial charge in [-0.25, -0.2) is 9.97 Å². The lowest BCUT2D eigenvalue weighted by atomic mass is 10.2. The minimum absolute atomic E-state index is 0.715. The summed E-state index contributed by atoms with van der Waals surface area (Å²) in [4.78, 5) is 11.0. The largest absolute Gasteiger partial charge is 0.347 e. The Hall–Kier alpha value is -1.95. The molecule has 0 aliphatic carbocycles. The molecule has 3 rings (SSSR count). The fourth-order valence-electron chi connectivity index (χ4n) is 1.63. The topological polar surface area (TPSA) is 57.7 Å². The molecular weight excluding hydrogens is 234 g/mol. The molecule has 0 bridgehead atoms. The minimum Gasteiger partial charge on any atom is -0.347 e. The van der Waals surface area contributed by atoms with Crippen molar-refractivity contribution in [1.29, 1.82) is 0 Å². The standard InChI is InChI=1S/C11H11N5S/c1-16(2)11-14-8-3-4-17-10(8)9(15-11)7-5-12-13-6-7/h3-6H,1-2H3,(H,12,13). The monoisotopic (exact) mass is 245 g/mol. The highest BCUT2D eigenvalue weighted by molar-refractivity contribution is 7.17. The fraction of sp³-hybridized carbons (Fsp3) is 0.182. The molecule has 0 spiro atoms. The van der Waals surface area contributed by atoms with Crippen molar-refractivity contribution >= 4 is 27.5 Å². The number of H-pyrrole nitrogens is 1. The lowest BCUT2D eigenvalue weighted by Gasteiger charge is -2.11. The third kappa shape index (κ3) is 1.66. The first kappa shape index (κ1) is 10.2. The Balaban J connectivity index is 2.31. The van der Waals surface area contributed by atoms with Crippen LogP contribution in [0.3, 0.4) is 0 Å². The average Bonchev–Trinajstić information content (AvgIpc) is 2.98. The van der Waals surface area contributed by atoms with E-state index >= 15 is 0 Å². The summed E-state index contributed by atoms with van der Waals surface area (Å²) in [5.74, 6) is 0.715. The molecule has 1 N–H and O–H groups in total. The number of thiophene rings is 1. The van der Waals surface area contributed by atoms with E-state index in [0.717, 1.165) is 21.5 Å². The van der Waals surface area contributed by atoms with Gasteiger partial charge in [-0.15, -0.1) is 11.3 Å². The Kier molecular flexibility index (Phi) is 2.29. The second kappa shape index (κ2) is 3.81. The fourth-order valence-corrected chi connectivity index (χ4v) is 2.47. The Morgan fingerprint density at radius 3 is 2.88 bits per heavy atom. The predicted octanol–water partition coefficient (Wildman–Crippen LogP) is 2.15. The van der Waals surface area contributed by atoms with Crippen LogP contribution < -0.4 is 4.90 Å². The Labute approximate surface area is 102 Å². The number of hydrogen-bond donors (Lipinski definition) is 1. The first-order chi connectivity index (χ1) is 8.25. The SMILES string of the molecule is CN(C)c1nc(-c2cn[nH]c2)c2sccc2n1. The lowest BCUT2D eigenvalue weighted by Crippen LogP contribution is -2.12. The highest BCUT2D eigenvalue weighted by atomic mass is 32.1. The number of fused-ring (bicyclic) bond motifs is 1. The van der Waals surface area contributed by atoms with Crippen molar-refractivity contribution in [1.82, 2.24) is 20.2 Å². The Bertz CT molecular complexity index is 641. The van der Waals surface area contributed by atoms with E-state index in [0.29, 0.717) is 5.95 Å². The van der Waals surface area contributed by atoms with Gasteiger partial charge in [0.1, 0.15) is 0 Å². The molecule has 0 aliphatic heterocycles. The van der Waals surface area contributed by atoms with Gasteiger partial charge >= 0.3 is 0 Å². The number of aromatic nitrogens is 4. The van der Waals surface area contributed by atoms with E-state index in [1.54, 1.807) is 17.5 Å². The highest BCUT2D eigenvalue weighted by Crippen LogP contribution is 2.30. The lowest BCUT2D eigenvalue weighted by molar-refractivity contribution is 1.02. The van der Waals surface area contributed by atoms with Gasteiger partial charge in [-0.1, -0.05) is 0 Å². The van der Waals surface area contributed by atoms with E-state index < -0.39 is 0 Å². The van der Waals surface area contributed by atoms with Crippen LogP contribution in [0.5, 0.6) is 0 Å². The molecule has 0 amide bonds. The molecule has 5 nitrogen and oxygen atoms in total. The highest BCUT2D eigenvalue weighted by Gasteiger charge is 2.12. The molecule has 3 heterocycles. The number of hydrogen-bond acceptors (Lipinski definition) is 5. The molecule has 0 unspecified atom stereocenters. The van der Waals surface area contributed by atoms with Gasteiger partial charge in [-0.2, -0.15) is 5.10 Å². The van der Waals surface area contributed by atoms with Crippen molar-refractivity contribution in [2.45, 2.75) is 0 Å². The van der Waals surface area contributed by atoms with E-state index in [4.69, 9.17) is 0 Å². The van der Waals surface area contributed by atoms with Gasteiger partial charge in [0.25, 0.3) is 0 Å². The summed E-state index contributed by atoms with van der Waals surface area (Å²) < 4.78 is 1.09. The van der Waals surface area contributed by atoms with E-state index in [1.165, 1.54) is 0 Å². The van der Waals surface area contributed by atoms with Gasteiger partial charge in [0.15, 0.2) is 0 Å². The molecule has 0 aliphatic rings. The van der Waals surface area contributed by atoms with E-state index in [1.807, 2.05) is 36.6 Å². The molecule has 0 saturated carbocycles. The number of rotatable bonds is 2. The summed E-state index contributed by atoms with van der Waals surface area (Å²) in [5, 5.41) is 8.81. The molecule has 0 aromatic carbocycles. The van der Waals surface area contributed by atoms with Crippen LogP contribution in [0.25, 0.3) is 21.5 Å². The van der Waals surface area contributed by atoms with Gasteiger partial charge in [-0.3, -0.25) is 5.10 Å². The van der Waals surface area contributed by atoms with Crippen molar-refractivity contribution in [3.8, 4) is 11.3 Å². The predicted molar refractivity (Wildman–Crippen MR) is 69.3 cm³/mol. The van der Waals surface area contributed by atoms with E-state index in [-0.39, 0.29) is 0 Å². The second-order valence-electron chi connectivity index (χ2n) is 3.89. The Morgan fingerprint density at radius 1 is 1.29 bits per heavy atom. The smallest absolute Gasteiger partial charge is 0.226 e. The molecule has 17 heavy (non-hydrogen) atoms. The first-order valence-corrected chi connectivity index (χ1v) is 6.05. The normalized spacial score (nSPS) is 10.9. The minimum atomic E-state index is 0.715. The molecule has 0 radical (unpaired) electrons. The van der Waals surface area contributed by atoms with Crippen LogP contribution >= 0.6 is 11.3 Å². The number of aromatic amines is 1. The number of nitrogens with one attached hydrogen (secondary N) is 1. The van der Waals surface area contributed by atoms with Gasteiger partial charge in [0, 0.05) is 25.9 Å². The van der Waals surface area contributed by atoms with Gasteiger partial charge in [0.2, 0.25) is 5.95 Å². The zero-order valence-corrected chi connectivity index (χ0v) is 10.3. The van der Waals surface area contributed by atoms with Crippen molar-refractivity contribution in [2.24, 2.45) is 0 Å². The third-order valence-corrected chi connectivity index (χ3v) is 3.37. The van der Waals surface area contributed by atoms with Crippen LogP contribution in [0.2, 0.25) is 0 Å². The van der Waals surface area contributed by atoms with Crippen LogP contribution in [-0.4, -0.2) is 34.3 Å². The molecule has 0 fully saturated rings. The van der Waals surface area contributed by atoms with Crippen molar-refractivity contribution in [2.75, 3.05) is 19.0 Å². The maximum atomic E-state index is 4.58. The summed E-state index contributed by atoms with van der Waals surface area (Å²) >= 11 is 1.65. The number of nitrogens with zero attached hydrogens (tertiary/aromatic N) is 4. The quantitative estimate of drug-likeness (QED) is 0.751. The third-order valence-electron chi connectivity index (χ3n) is 2.46. The van der Waals surface area contributed by atoms with Crippen LogP contribution in [-0.2, 0) is 0 Å². The van der Waals surface area contributed by atoms with E-state index in [9.17, 15) is 0 Å². The van der Waals surface area contributed by atoms with Gasteiger partial charge in [0.05, 0.1) is 22.1 Å². The van der Waals surface area contributed by atoms with Crippen molar-refractivity contribution in [3.05, 3.63) is 23.8 Å². The summed E-state index contributed by atoms with van der Waals surface area (Å²) in [5.41, 5.74) is 2.90. The molecule has 6 heteroatoms. The average molecular weight is 245 g/mol. The summed E-state index contributed by atoms with van der Waals surface area (Å²) in [6, 6.07) is 2.01.